The average molecular weight is 329 g/mol. The van der Waals surface area contributed by atoms with Crippen molar-refractivity contribution in [2.75, 3.05) is 13.2 Å². The van der Waals surface area contributed by atoms with Crippen LogP contribution in [-0.4, -0.2) is 25.0 Å². The van der Waals surface area contributed by atoms with Crippen LogP contribution < -0.4 is 4.74 Å². The molecular weight excluding hydrogens is 314 g/mol. The number of para-hydroxylation sites is 1. The highest BCUT2D eigenvalue weighted by Gasteiger charge is 2.15. The fourth-order valence-corrected chi connectivity index (χ4v) is 2.94. The van der Waals surface area contributed by atoms with Gasteiger partial charge in [0.05, 0.1) is 5.56 Å². The molecule has 0 aliphatic heterocycles. The maximum absolute atomic E-state index is 12.0. The smallest absolute Gasteiger partial charge is 0.344 e. The van der Waals surface area contributed by atoms with E-state index < -0.39 is 5.97 Å². The molecule has 0 spiro atoms. The van der Waals surface area contributed by atoms with Crippen LogP contribution in [0.5, 0.6) is 5.75 Å². The van der Waals surface area contributed by atoms with Crippen LogP contribution in [0.15, 0.2) is 30.3 Å². The lowest BCUT2D eigenvalue weighted by Crippen LogP contribution is -2.19. The number of nitriles is 1. The Morgan fingerprint density at radius 2 is 1.96 bits per heavy atom. The van der Waals surface area contributed by atoms with E-state index in [1.807, 2.05) is 19.9 Å². The van der Waals surface area contributed by atoms with Crippen LogP contribution >= 0.6 is 11.3 Å². The van der Waals surface area contributed by atoms with Crippen molar-refractivity contribution in [3.8, 4) is 11.8 Å². The molecule has 5 nitrogen and oxygen atoms in total. The number of rotatable bonds is 6. The average Bonchev–Trinajstić information content (AvgIpc) is 2.89. The minimum absolute atomic E-state index is 0.238. The largest absolute Gasteiger partial charge is 0.481 e. The van der Waals surface area contributed by atoms with Gasteiger partial charge in [0.25, 0.3) is 0 Å². The Labute approximate surface area is 138 Å². The number of esters is 1. The van der Waals surface area contributed by atoms with E-state index in [-0.39, 0.29) is 19.0 Å². The zero-order valence-corrected chi connectivity index (χ0v) is 13.6. The summed E-state index contributed by atoms with van der Waals surface area (Å²) in [5.74, 6) is -0.587. The molecule has 1 aromatic heterocycles. The second-order valence-corrected chi connectivity index (χ2v) is 6.27. The van der Waals surface area contributed by atoms with Gasteiger partial charge in [0.1, 0.15) is 11.8 Å². The first kappa shape index (κ1) is 16.7. The molecule has 1 aromatic carbocycles. The summed E-state index contributed by atoms with van der Waals surface area (Å²) >= 11 is 1.53. The number of benzene rings is 1. The van der Waals surface area contributed by atoms with Crippen molar-refractivity contribution in [1.82, 2.24) is 0 Å². The Morgan fingerprint density at radius 1 is 1.22 bits per heavy atom. The molecule has 0 saturated heterocycles. The van der Waals surface area contributed by atoms with E-state index in [2.05, 4.69) is 0 Å². The number of hydrogen-bond donors (Lipinski definition) is 0. The topological polar surface area (TPSA) is 76.4 Å². The summed E-state index contributed by atoms with van der Waals surface area (Å²) in [7, 11) is 0. The fraction of sp³-hybridized carbons (Fsp3) is 0.235. The Bertz CT molecular complexity index is 773. The van der Waals surface area contributed by atoms with Crippen LogP contribution in [-0.2, 0) is 9.53 Å². The van der Waals surface area contributed by atoms with Gasteiger partial charge in [0.15, 0.2) is 13.2 Å². The van der Waals surface area contributed by atoms with E-state index in [0.29, 0.717) is 16.9 Å². The van der Waals surface area contributed by atoms with E-state index in [0.717, 1.165) is 9.75 Å². The summed E-state index contributed by atoms with van der Waals surface area (Å²) in [6.07, 6.45) is 0. The molecule has 6 heteroatoms. The number of carbonyl (C=O) groups is 2. The van der Waals surface area contributed by atoms with E-state index >= 15 is 0 Å². The van der Waals surface area contributed by atoms with Gasteiger partial charge in [-0.25, -0.2) is 4.79 Å². The Balaban J connectivity index is 1.85. The molecule has 0 bridgehead atoms. The van der Waals surface area contributed by atoms with Crippen molar-refractivity contribution in [1.29, 1.82) is 5.26 Å². The van der Waals surface area contributed by atoms with Gasteiger partial charge in [-0.05, 0) is 32.0 Å². The van der Waals surface area contributed by atoms with Gasteiger partial charge < -0.3 is 9.47 Å². The molecule has 118 valence electrons. The molecular formula is C17H15NO4S. The Morgan fingerprint density at radius 3 is 2.61 bits per heavy atom. The standard InChI is InChI=1S/C17H15NO4S/c1-11-7-14(12(2)23-11)15(19)9-22-17(20)10-21-16-6-4-3-5-13(16)8-18/h3-7H,9-10H2,1-2H3. The Hall–Kier alpha value is -2.65. The van der Waals surface area contributed by atoms with Crippen molar-refractivity contribution in [2.24, 2.45) is 0 Å². The second kappa shape index (κ2) is 7.56. The third-order valence-corrected chi connectivity index (χ3v) is 4.02. The summed E-state index contributed by atoms with van der Waals surface area (Å²) in [6.45, 7) is 3.10. The highest BCUT2D eigenvalue weighted by molar-refractivity contribution is 7.12. The molecule has 0 atom stereocenters. The molecule has 0 N–H and O–H groups in total. The van der Waals surface area contributed by atoms with Crippen LogP contribution in [0.4, 0.5) is 0 Å². The summed E-state index contributed by atoms with van der Waals surface area (Å²) in [5.41, 5.74) is 0.914. The molecule has 0 radical (unpaired) electrons. The van der Waals surface area contributed by atoms with Crippen molar-refractivity contribution in [3.63, 3.8) is 0 Å². The Kier molecular flexibility index (Phi) is 5.50. The van der Waals surface area contributed by atoms with Gasteiger partial charge in [-0.2, -0.15) is 5.26 Å². The minimum Gasteiger partial charge on any atom is -0.481 e. The first-order chi connectivity index (χ1) is 11.0. The maximum Gasteiger partial charge on any atom is 0.344 e. The SMILES string of the molecule is Cc1cc(C(=O)COC(=O)COc2ccccc2C#N)c(C)s1. The zero-order chi connectivity index (χ0) is 16.8. The van der Waals surface area contributed by atoms with Crippen LogP contribution in [0.1, 0.15) is 25.7 Å². The van der Waals surface area contributed by atoms with Crippen LogP contribution in [0.2, 0.25) is 0 Å². The number of ketones is 1. The molecule has 0 aliphatic rings. The first-order valence-electron chi connectivity index (χ1n) is 6.89. The number of aryl methyl sites for hydroxylation is 2. The van der Waals surface area contributed by atoms with Crippen LogP contribution in [0.3, 0.4) is 0 Å². The van der Waals surface area contributed by atoms with E-state index in [9.17, 15) is 9.59 Å². The fourth-order valence-electron chi connectivity index (χ4n) is 1.99. The zero-order valence-electron chi connectivity index (χ0n) is 12.8. The molecule has 0 aliphatic carbocycles. The van der Waals surface area contributed by atoms with Gasteiger partial charge >= 0.3 is 5.97 Å². The lowest BCUT2D eigenvalue weighted by molar-refractivity contribution is -0.144. The molecule has 0 fully saturated rings. The molecule has 0 unspecified atom stereocenters. The number of thiophene rings is 1. The van der Waals surface area contributed by atoms with Gasteiger partial charge in [-0.3, -0.25) is 4.79 Å². The molecule has 23 heavy (non-hydrogen) atoms. The monoisotopic (exact) mass is 329 g/mol. The maximum atomic E-state index is 12.0. The summed E-state index contributed by atoms with van der Waals surface area (Å²) in [4.78, 5) is 25.6. The number of Topliss-reactive ketones (excluding diaryl/α,β-unsaturated/α-hetero) is 1. The molecule has 2 rings (SSSR count). The highest BCUT2D eigenvalue weighted by atomic mass is 32.1. The quantitative estimate of drug-likeness (QED) is 0.601. The number of ether oxygens (including phenoxy) is 2. The lowest BCUT2D eigenvalue weighted by atomic mass is 10.2. The van der Waals surface area contributed by atoms with Crippen molar-refractivity contribution in [2.45, 2.75) is 13.8 Å². The number of carbonyl (C=O) groups excluding carboxylic acids is 2. The highest BCUT2D eigenvalue weighted by Crippen LogP contribution is 2.21. The number of hydrogen-bond acceptors (Lipinski definition) is 6. The first-order valence-corrected chi connectivity index (χ1v) is 7.70. The third-order valence-electron chi connectivity index (χ3n) is 3.06. The predicted octanol–water partition coefficient (Wildman–Crippen LogP) is 3.04. The normalized spacial score (nSPS) is 9.96. The summed E-state index contributed by atoms with van der Waals surface area (Å²) in [5, 5.41) is 8.92. The van der Waals surface area contributed by atoms with Crippen molar-refractivity contribution in [3.05, 3.63) is 51.2 Å². The van der Waals surface area contributed by atoms with Gasteiger partial charge in [-0.1, -0.05) is 12.1 Å². The predicted molar refractivity (Wildman–Crippen MR) is 85.7 cm³/mol. The van der Waals surface area contributed by atoms with Crippen molar-refractivity contribution >= 4 is 23.1 Å². The van der Waals surface area contributed by atoms with Gasteiger partial charge in [-0.15, -0.1) is 11.3 Å². The van der Waals surface area contributed by atoms with Crippen molar-refractivity contribution < 1.29 is 19.1 Å². The summed E-state index contributed by atoms with van der Waals surface area (Å²) in [6, 6.07) is 10.3. The van der Waals surface area contributed by atoms with E-state index in [4.69, 9.17) is 14.7 Å². The molecule has 1 heterocycles. The second-order valence-electron chi connectivity index (χ2n) is 4.81. The van der Waals surface area contributed by atoms with Gasteiger partial charge in [0, 0.05) is 15.3 Å². The minimum atomic E-state index is -0.657. The lowest BCUT2D eigenvalue weighted by Gasteiger charge is -2.07. The summed E-state index contributed by atoms with van der Waals surface area (Å²) < 4.78 is 10.2. The van der Waals surface area contributed by atoms with Crippen LogP contribution in [0, 0.1) is 25.2 Å². The molecule has 2 aromatic rings. The van der Waals surface area contributed by atoms with Gasteiger partial charge in [0.2, 0.25) is 5.78 Å². The van der Waals surface area contributed by atoms with E-state index in [1.54, 1.807) is 30.3 Å². The number of nitrogens with zero attached hydrogens (tertiary/aromatic N) is 1. The molecule has 0 saturated carbocycles. The van der Waals surface area contributed by atoms with E-state index in [1.165, 1.54) is 11.3 Å². The third kappa shape index (κ3) is 4.41. The molecule has 0 amide bonds. The van der Waals surface area contributed by atoms with Crippen LogP contribution in [0.25, 0.3) is 0 Å².